The Morgan fingerprint density at radius 2 is 1.79 bits per heavy atom. The van der Waals surface area contributed by atoms with Crippen molar-refractivity contribution in [3.05, 3.63) is 94.8 Å². The Labute approximate surface area is 197 Å². The van der Waals surface area contributed by atoms with Gasteiger partial charge in [-0.3, -0.25) is 4.79 Å². The number of methoxy groups -OCH3 is 2. The van der Waals surface area contributed by atoms with E-state index in [0.717, 1.165) is 22.4 Å². The van der Waals surface area contributed by atoms with Crippen molar-refractivity contribution in [3.8, 4) is 11.5 Å². The molecule has 4 aromatic rings. The van der Waals surface area contributed by atoms with Gasteiger partial charge < -0.3 is 19.4 Å². The Morgan fingerprint density at radius 3 is 2.48 bits per heavy atom. The zero-order valence-corrected chi connectivity index (χ0v) is 19.3. The number of aryl methyl sites for hydroxylation is 1. The Morgan fingerprint density at radius 1 is 1.06 bits per heavy atom. The second-order valence-corrected chi connectivity index (χ2v) is 7.85. The molecule has 0 aliphatic carbocycles. The van der Waals surface area contributed by atoms with Crippen LogP contribution >= 0.6 is 11.6 Å². The van der Waals surface area contributed by atoms with E-state index in [1.54, 1.807) is 18.2 Å². The van der Waals surface area contributed by atoms with Gasteiger partial charge in [-0.2, -0.15) is 0 Å². The fourth-order valence-electron chi connectivity index (χ4n) is 3.76. The molecule has 1 amide bonds. The second kappa shape index (κ2) is 9.79. The number of amides is 1. The van der Waals surface area contributed by atoms with Gasteiger partial charge in [0.05, 0.1) is 30.3 Å². The van der Waals surface area contributed by atoms with Gasteiger partial charge in [-0.15, -0.1) is 0 Å². The van der Waals surface area contributed by atoms with Crippen LogP contribution in [0.25, 0.3) is 17.1 Å². The number of ether oxygens (including phenoxy) is 2. The number of imidazole rings is 1. The molecule has 0 spiro atoms. The maximum Gasteiger partial charge on any atom is 0.244 e. The summed E-state index contributed by atoms with van der Waals surface area (Å²) in [4.78, 5) is 17.7. The third-order valence-electron chi connectivity index (χ3n) is 5.38. The molecule has 33 heavy (non-hydrogen) atoms. The number of nitrogens with zero attached hydrogens (tertiary/aromatic N) is 2. The highest BCUT2D eigenvalue weighted by Gasteiger charge is 2.22. The predicted molar refractivity (Wildman–Crippen MR) is 131 cm³/mol. The highest BCUT2D eigenvalue weighted by atomic mass is 35.5. The van der Waals surface area contributed by atoms with E-state index >= 15 is 0 Å². The number of fused-ring (bicyclic) bond motifs is 1. The topological polar surface area (TPSA) is 65.4 Å². The fourth-order valence-corrected chi connectivity index (χ4v) is 4.06. The first kappa shape index (κ1) is 22.4. The third-order valence-corrected chi connectivity index (χ3v) is 5.66. The lowest BCUT2D eigenvalue weighted by molar-refractivity contribution is -0.117. The van der Waals surface area contributed by atoms with Crippen LogP contribution in [0.3, 0.4) is 0 Å². The minimum atomic E-state index is -0.422. The summed E-state index contributed by atoms with van der Waals surface area (Å²) in [6.45, 7) is 0. The molecule has 3 aromatic carbocycles. The minimum absolute atomic E-state index is 0.262. The molecule has 7 heteroatoms. The van der Waals surface area contributed by atoms with E-state index in [1.807, 2.05) is 66.2 Å². The van der Waals surface area contributed by atoms with E-state index in [2.05, 4.69) is 5.32 Å². The summed E-state index contributed by atoms with van der Waals surface area (Å²) < 4.78 is 12.6. The first-order valence-corrected chi connectivity index (χ1v) is 10.8. The number of halogens is 1. The monoisotopic (exact) mass is 461 g/mol. The number of benzene rings is 3. The van der Waals surface area contributed by atoms with E-state index in [4.69, 9.17) is 26.1 Å². The maximum atomic E-state index is 12.9. The smallest absolute Gasteiger partial charge is 0.244 e. The molecule has 0 bridgehead atoms. The molecule has 168 valence electrons. The molecule has 1 unspecified atom stereocenters. The van der Waals surface area contributed by atoms with Gasteiger partial charge in [0.2, 0.25) is 5.91 Å². The van der Waals surface area contributed by atoms with Gasteiger partial charge in [-0.05, 0) is 41.5 Å². The normalized spacial score (nSPS) is 12.1. The lowest BCUT2D eigenvalue weighted by Crippen LogP contribution is -2.29. The summed E-state index contributed by atoms with van der Waals surface area (Å²) in [7, 11) is 5.02. The Kier molecular flexibility index (Phi) is 6.66. The highest BCUT2D eigenvalue weighted by molar-refractivity contribution is 6.32. The number of para-hydroxylation sites is 2. The number of carbonyl (C=O) groups excluding carboxylic acids is 1. The first-order valence-electron chi connectivity index (χ1n) is 10.4. The standard InChI is InChI=1S/C26H24ClN3O3/c1-30-21-12-8-7-11-20(21)28-26(30)24(18-9-5-4-6-10-18)29-23(31)14-13-17-15-19(27)25(33-3)22(16-17)32-2/h4-16,24H,1-3H3,(H,29,31)/b14-13+. The van der Waals surface area contributed by atoms with Crippen molar-refractivity contribution >= 4 is 34.6 Å². The predicted octanol–water partition coefficient (Wildman–Crippen LogP) is 5.16. The highest BCUT2D eigenvalue weighted by Crippen LogP contribution is 2.36. The largest absolute Gasteiger partial charge is 0.493 e. The molecular weight excluding hydrogens is 438 g/mol. The Hall–Kier alpha value is -3.77. The lowest BCUT2D eigenvalue weighted by atomic mass is 10.1. The first-order chi connectivity index (χ1) is 16.0. The van der Waals surface area contributed by atoms with Crippen molar-refractivity contribution < 1.29 is 14.3 Å². The van der Waals surface area contributed by atoms with Crippen molar-refractivity contribution in [2.24, 2.45) is 7.05 Å². The number of carbonyl (C=O) groups is 1. The molecule has 6 nitrogen and oxygen atoms in total. The quantitative estimate of drug-likeness (QED) is 0.386. The molecule has 1 heterocycles. The van der Waals surface area contributed by atoms with Gasteiger partial charge in [0, 0.05) is 13.1 Å². The average Bonchev–Trinajstić information content (AvgIpc) is 3.17. The number of rotatable bonds is 7. The summed E-state index contributed by atoms with van der Waals surface area (Å²) in [5.41, 5.74) is 3.53. The van der Waals surface area contributed by atoms with Gasteiger partial charge in [0.15, 0.2) is 11.5 Å². The molecule has 0 radical (unpaired) electrons. The zero-order chi connectivity index (χ0) is 23.4. The number of hydrogen-bond acceptors (Lipinski definition) is 4. The summed E-state index contributed by atoms with van der Waals surface area (Å²) in [6.07, 6.45) is 3.15. The Bertz CT molecular complexity index is 1320. The molecule has 0 aliphatic heterocycles. The van der Waals surface area contributed by atoms with Crippen LogP contribution < -0.4 is 14.8 Å². The fraction of sp³-hybridized carbons (Fsp3) is 0.154. The van der Waals surface area contributed by atoms with E-state index in [1.165, 1.54) is 20.3 Å². The van der Waals surface area contributed by atoms with Crippen LogP contribution in [0.15, 0.2) is 72.8 Å². The van der Waals surface area contributed by atoms with Gasteiger partial charge >= 0.3 is 0 Å². The SMILES string of the molecule is COc1cc(/C=C/C(=O)NC(c2ccccc2)c2nc3ccccc3n2C)cc(Cl)c1OC. The van der Waals surface area contributed by atoms with Crippen LogP contribution in [0.4, 0.5) is 0 Å². The van der Waals surface area contributed by atoms with Gasteiger partial charge in [-0.25, -0.2) is 4.98 Å². The molecule has 0 saturated heterocycles. The lowest BCUT2D eigenvalue weighted by Gasteiger charge is -2.18. The van der Waals surface area contributed by atoms with Crippen LogP contribution in [0.5, 0.6) is 11.5 Å². The molecular formula is C26H24ClN3O3. The number of aromatic nitrogens is 2. The summed E-state index contributed by atoms with van der Waals surface area (Å²) >= 11 is 6.28. The summed E-state index contributed by atoms with van der Waals surface area (Å²) in [5.74, 6) is 1.43. The van der Waals surface area contributed by atoms with Crippen LogP contribution in [0, 0.1) is 0 Å². The molecule has 4 rings (SSSR count). The maximum absolute atomic E-state index is 12.9. The summed E-state index contributed by atoms with van der Waals surface area (Å²) in [6, 6.07) is 20.7. The summed E-state index contributed by atoms with van der Waals surface area (Å²) in [5, 5.41) is 3.49. The van der Waals surface area contributed by atoms with E-state index in [-0.39, 0.29) is 5.91 Å². The third kappa shape index (κ3) is 4.71. The van der Waals surface area contributed by atoms with Crippen LogP contribution in [0.2, 0.25) is 5.02 Å². The van der Waals surface area contributed by atoms with E-state index < -0.39 is 6.04 Å². The van der Waals surface area contributed by atoms with Crippen LogP contribution in [-0.4, -0.2) is 29.7 Å². The average molecular weight is 462 g/mol. The van der Waals surface area contributed by atoms with Crippen LogP contribution in [0.1, 0.15) is 23.0 Å². The minimum Gasteiger partial charge on any atom is -0.493 e. The molecule has 1 aromatic heterocycles. The van der Waals surface area contributed by atoms with Gasteiger partial charge in [0.25, 0.3) is 0 Å². The van der Waals surface area contributed by atoms with Crippen molar-refractivity contribution in [2.45, 2.75) is 6.04 Å². The molecule has 0 aliphatic rings. The Balaban J connectivity index is 1.64. The van der Waals surface area contributed by atoms with E-state index in [0.29, 0.717) is 22.1 Å². The van der Waals surface area contributed by atoms with Crippen molar-refractivity contribution in [3.63, 3.8) is 0 Å². The molecule has 0 fully saturated rings. The van der Waals surface area contributed by atoms with Gasteiger partial charge in [-0.1, -0.05) is 54.1 Å². The van der Waals surface area contributed by atoms with Crippen molar-refractivity contribution in [1.29, 1.82) is 0 Å². The van der Waals surface area contributed by atoms with Crippen molar-refractivity contribution in [2.75, 3.05) is 14.2 Å². The van der Waals surface area contributed by atoms with Crippen LogP contribution in [-0.2, 0) is 11.8 Å². The second-order valence-electron chi connectivity index (χ2n) is 7.44. The number of hydrogen-bond donors (Lipinski definition) is 1. The zero-order valence-electron chi connectivity index (χ0n) is 18.6. The molecule has 1 atom stereocenters. The van der Waals surface area contributed by atoms with Gasteiger partial charge in [0.1, 0.15) is 11.9 Å². The van der Waals surface area contributed by atoms with E-state index in [9.17, 15) is 4.79 Å². The van der Waals surface area contributed by atoms with Crippen molar-refractivity contribution in [1.82, 2.24) is 14.9 Å². The molecule has 0 saturated carbocycles. The number of nitrogens with one attached hydrogen (secondary N) is 1. The molecule has 1 N–H and O–H groups in total.